The Morgan fingerprint density at radius 2 is 2.86 bits per heavy atom. The third-order valence-corrected chi connectivity index (χ3v) is 0.846. The molecule has 0 fully saturated rings. The Morgan fingerprint density at radius 3 is 2.86 bits per heavy atom. The summed E-state index contributed by atoms with van der Waals surface area (Å²) in [6.07, 6.45) is 0. The molecule has 7 heavy (non-hydrogen) atoms. The zero-order valence-electron chi connectivity index (χ0n) is 4.59. The van der Waals surface area contributed by atoms with E-state index < -0.39 is 12.0 Å². The number of carbonyl (C=O) groups is 1. The normalized spacial score (nSPS) is 15.3. The summed E-state index contributed by atoms with van der Waals surface area (Å²) in [7, 11) is 0. The zero-order chi connectivity index (χ0) is 6.57. The molecule has 4 heteroatoms. The molecular weight excluding hydrogens is 114 g/mol. The van der Waals surface area contributed by atoms with E-state index >= 15 is 0 Å². The highest BCUT2D eigenvalue weighted by atomic mass is 32.1. The van der Waals surface area contributed by atoms with Crippen molar-refractivity contribution in [2.75, 3.05) is 5.75 Å². The predicted molar refractivity (Wildman–Crippen MR) is 29.5 cm³/mol. The standard InChI is InChI=1S/C3H7NO2S/c4-2(1-7)3(5)6/h2,7H,1,4H2,(H,5,6)/t2-/m0/s1/i/hD. The van der Waals surface area contributed by atoms with Crippen molar-refractivity contribution < 1.29 is 11.3 Å². The van der Waals surface area contributed by atoms with Gasteiger partial charge < -0.3 is 10.8 Å². The van der Waals surface area contributed by atoms with E-state index in [0.29, 0.717) is 0 Å². The fourth-order valence-corrected chi connectivity index (χ4v) is 0.234. The molecule has 0 saturated carbocycles. The van der Waals surface area contributed by atoms with E-state index in [4.69, 9.17) is 6.52 Å². The van der Waals surface area contributed by atoms with Gasteiger partial charge in [0, 0.05) is 5.75 Å². The number of thiol groups is 1. The van der Waals surface area contributed by atoms with Gasteiger partial charge in [-0.25, -0.2) is 0 Å². The molecule has 0 saturated heterocycles. The van der Waals surface area contributed by atoms with Crippen LogP contribution in [-0.2, 0) is 4.79 Å². The number of nitrogens with two attached hydrogens (primary N) is 1. The van der Waals surface area contributed by atoms with Crippen LogP contribution in [-0.4, -0.2) is 22.9 Å². The lowest BCUT2D eigenvalue weighted by Gasteiger charge is -1.96. The zero-order valence-corrected chi connectivity index (χ0v) is 4.48. The number of hydrogen-bond acceptors (Lipinski definition) is 3. The maximum absolute atomic E-state index is 9.93. The first-order valence-electron chi connectivity index (χ1n) is 2.23. The van der Waals surface area contributed by atoms with Crippen molar-refractivity contribution >= 4 is 18.6 Å². The Bertz CT molecular complexity index is 85.4. The lowest BCUT2D eigenvalue weighted by atomic mass is 10.4. The Labute approximate surface area is 48.4 Å². The fourth-order valence-electron chi connectivity index (χ4n) is 0.0781. The van der Waals surface area contributed by atoms with Crippen molar-refractivity contribution in [1.29, 1.82) is 0 Å². The molecule has 0 aliphatic heterocycles. The van der Waals surface area contributed by atoms with Crippen molar-refractivity contribution in [2.45, 2.75) is 6.04 Å². The molecule has 0 unspecified atom stereocenters. The minimum absolute atomic E-state index is 0.138. The first-order chi connectivity index (χ1) is 3.72. The van der Waals surface area contributed by atoms with Crippen LogP contribution in [0.2, 0.25) is 1.41 Å². The van der Waals surface area contributed by atoms with Gasteiger partial charge in [-0.15, -0.1) is 0 Å². The lowest BCUT2D eigenvalue weighted by Crippen LogP contribution is -2.31. The molecule has 0 aliphatic rings. The van der Waals surface area contributed by atoms with Gasteiger partial charge in [-0.3, -0.25) is 4.79 Å². The molecule has 0 spiro atoms. The lowest BCUT2D eigenvalue weighted by molar-refractivity contribution is -0.137. The van der Waals surface area contributed by atoms with Crippen molar-refractivity contribution in [3.8, 4) is 0 Å². The molecule has 1 atom stereocenters. The van der Waals surface area contributed by atoms with Gasteiger partial charge >= 0.3 is 5.97 Å². The molecule has 0 bridgehead atoms. The third-order valence-electron chi connectivity index (χ3n) is 0.481. The van der Waals surface area contributed by atoms with Gasteiger partial charge in [0.2, 0.25) is 0 Å². The molecule has 0 aromatic heterocycles. The number of carboxylic acids is 1. The highest BCUT2D eigenvalue weighted by molar-refractivity contribution is 7.80. The van der Waals surface area contributed by atoms with Gasteiger partial charge in [0.15, 0.2) is 0 Å². The van der Waals surface area contributed by atoms with Crippen LogP contribution in [0.5, 0.6) is 0 Å². The van der Waals surface area contributed by atoms with Crippen molar-refractivity contribution in [3.63, 3.8) is 0 Å². The van der Waals surface area contributed by atoms with Crippen LogP contribution in [0, 0.1) is 0 Å². The smallest absolute Gasteiger partial charge is 0.321 e. The average Bonchev–Trinajstić information content (AvgIpc) is 1.69. The van der Waals surface area contributed by atoms with Gasteiger partial charge in [-0.2, -0.15) is 12.6 Å². The van der Waals surface area contributed by atoms with Gasteiger partial charge in [-0.1, -0.05) is 0 Å². The average molecular weight is 122 g/mol. The van der Waals surface area contributed by atoms with Gasteiger partial charge in [0.1, 0.15) is 7.45 Å². The van der Waals surface area contributed by atoms with E-state index in [1.54, 1.807) is 0 Å². The summed E-state index contributed by atoms with van der Waals surface area (Å²) >= 11 is 3.67. The summed E-state index contributed by atoms with van der Waals surface area (Å²) < 4.78 is 6.41. The molecule has 42 valence electrons. The monoisotopic (exact) mass is 122 g/mol. The Balaban J connectivity index is 3.52. The van der Waals surface area contributed by atoms with E-state index in [9.17, 15) is 4.79 Å². The second kappa shape index (κ2) is 2.87. The number of hydrogen-bond donors (Lipinski definition) is 3. The number of aliphatic carboxylic acids is 1. The summed E-state index contributed by atoms with van der Waals surface area (Å²) in [5.41, 5.74) is 1.83. The van der Waals surface area contributed by atoms with Crippen LogP contribution in [0.25, 0.3) is 0 Å². The molecule has 0 rings (SSSR count). The topological polar surface area (TPSA) is 63.3 Å². The Hall–Kier alpha value is -0.220. The minimum Gasteiger partial charge on any atom is -0.480 e. The molecule has 0 aliphatic carbocycles. The summed E-state index contributed by atoms with van der Waals surface area (Å²) in [4.78, 5) is 9.93. The Kier molecular flexibility index (Phi) is 2.02. The predicted octanol–water partition coefficient (Wildman–Crippen LogP) is -0.672. The quantitative estimate of drug-likeness (QED) is 0.435. The first kappa shape index (κ1) is 4.93. The molecule has 0 heterocycles. The molecule has 0 aromatic rings. The number of carboxylic acid groups (broad SMARTS) is 1. The van der Waals surface area contributed by atoms with Gasteiger partial charge in [0.05, 0.1) is 0 Å². The summed E-state index contributed by atoms with van der Waals surface area (Å²) in [6, 6.07) is -0.849. The van der Waals surface area contributed by atoms with Gasteiger partial charge in [0.25, 0.3) is 0 Å². The number of rotatable bonds is 3. The van der Waals surface area contributed by atoms with Crippen molar-refractivity contribution in [2.24, 2.45) is 5.73 Å². The summed E-state index contributed by atoms with van der Waals surface area (Å²) in [5, 5.41) is 8.14. The molecule has 3 nitrogen and oxygen atoms in total. The van der Waals surface area contributed by atoms with E-state index in [-0.39, 0.29) is 5.75 Å². The molecule has 0 radical (unpaired) electrons. The summed E-state index contributed by atoms with van der Waals surface area (Å²) in [6.45, 7) is 0. The summed E-state index contributed by atoms with van der Waals surface area (Å²) in [5.74, 6) is -0.909. The second-order valence-electron chi connectivity index (χ2n) is 1.07. The van der Waals surface area contributed by atoms with Gasteiger partial charge in [-0.05, 0) is 0 Å². The molecule has 3 N–H and O–H groups in total. The van der Waals surface area contributed by atoms with Crippen LogP contribution in [0.1, 0.15) is 0 Å². The highest BCUT2D eigenvalue weighted by Gasteiger charge is 2.06. The van der Waals surface area contributed by atoms with E-state index in [1.807, 2.05) is 5.73 Å². The Morgan fingerprint density at radius 1 is 2.29 bits per heavy atom. The maximum Gasteiger partial charge on any atom is 0.321 e. The molecule has 0 aromatic carbocycles. The van der Waals surface area contributed by atoms with Crippen LogP contribution >= 0.6 is 12.6 Å². The van der Waals surface area contributed by atoms with Crippen LogP contribution in [0.3, 0.4) is 0 Å². The largest absolute Gasteiger partial charge is 0.480 e. The molecule has 0 amide bonds. The van der Waals surface area contributed by atoms with Crippen LogP contribution in [0.4, 0.5) is 0 Å². The maximum atomic E-state index is 9.93. The van der Waals surface area contributed by atoms with E-state index in [2.05, 4.69) is 12.6 Å². The highest BCUT2D eigenvalue weighted by Crippen LogP contribution is 1.80. The van der Waals surface area contributed by atoms with Crippen LogP contribution < -0.4 is 5.73 Å². The van der Waals surface area contributed by atoms with Crippen LogP contribution in [0.15, 0.2) is 0 Å². The first-order valence-corrected chi connectivity index (χ1v) is 2.36. The minimum atomic E-state index is -1.05. The van der Waals surface area contributed by atoms with E-state index in [1.165, 1.54) is 0 Å². The van der Waals surface area contributed by atoms with E-state index in [0.717, 1.165) is 0 Å². The molecular formula is C3H7NO2S. The van der Waals surface area contributed by atoms with Crippen molar-refractivity contribution in [3.05, 3.63) is 0 Å². The third kappa shape index (κ3) is 2.47. The SMILES string of the molecule is [2H]N[C@@H](CS)C(=O)O. The second-order valence-corrected chi connectivity index (χ2v) is 1.44. The van der Waals surface area contributed by atoms with Crippen molar-refractivity contribution in [1.82, 2.24) is 0 Å². The fraction of sp³-hybridized carbons (Fsp3) is 0.667.